The Morgan fingerprint density at radius 3 is 1.84 bits per heavy atom. The van der Waals surface area contributed by atoms with E-state index >= 15 is 0 Å². The molecule has 0 aliphatic carbocycles. The van der Waals surface area contributed by atoms with Crippen molar-refractivity contribution in [1.29, 1.82) is 0 Å². The molecule has 0 aromatic carbocycles. The van der Waals surface area contributed by atoms with Crippen molar-refractivity contribution in [2.75, 3.05) is 6.26 Å². The van der Waals surface area contributed by atoms with Crippen molar-refractivity contribution in [1.82, 2.24) is 0 Å². The molecule has 0 heterocycles. The number of carboxylic acids is 2. The molecule has 7 nitrogen and oxygen atoms in total. The summed E-state index contributed by atoms with van der Waals surface area (Å²) in [7, 11) is 0. The van der Waals surface area contributed by atoms with Gasteiger partial charge in [-0.15, -0.1) is 0 Å². The van der Waals surface area contributed by atoms with Gasteiger partial charge in [-0.2, -0.15) is 11.8 Å². The van der Waals surface area contributed by atoms with Crippen LogP contribution in [0.4, 0.5) is 0 Å². The average Bonchev–Trinajstić information content (AvgIpc) is 2.56. The second-order valence-corrected chi connectivity index (χ2v) is 8.17. The van der Waals surface area contributed by atoms with Gasteiger partial charge in [0.2, 0.25) is 0 Å². The lowest BCUT2D eigenvalue weighted by molar-refractivity contribution is -0.147. The fourth-order valence-electron chi connectivity index (χ4n) is 3.15. The van der Waals surface area contributed by atoms with Gasteiger partial charge in [-0.05, 0) is 30.9 Å². The van der Waals surface area contributed by atoms with Crippen LogP contribution in [0.1, 0.15) is 53.4 Å². The van der Waals surface area contributed by atoms with E-state index in [1.54, 1.807) is 13.2 Å². The quantitative estimate of drug-likeness (QED) is 0.343. The number of hydrogen-bond acceptors (Lipinski definition) is 6. The van der Waals surface area contributed by atoms with Crippen LogP contribution in [0.3, 0.4) is 0 Å². The van der Waals surface area contributed by atoms with Crippen LogP contribution < -0.4 is 17.2 Å². The normalized spacial score (nSPS) is 21.4. The van der Waals surface area contributed by atoms with Crippen molar-refractivity contribution in [3.05, 3.63) is 0 Å². The lowest BCUT2D eigenvalue weighted by Crippen LogP contribution is -2.62. The van der Waals surface area contributed by atoms with Crippen molar-refractivity contribution < 1.29 is 19.8 Å². The fraction of sp³-hybridized carbons (Fsp3) is 0.882. The van der Waals surface area contributed by atoms with E-state index in [1.807, 2.05) is 20.8 Å². The van der Waals surface area contributed by atoms with Crippen LogP contribution in [0, 0.1) is 11.8 Å². The Bertz CT molecular complexity index is 465. The molecule has 0 aliphatic heterocycles. The first-order valence-electron chi connectivity index (χ1n) is 8.74. The van der Waals surface area contributed by atoms with Crippen molar-refractivity contribution in [3.8, 4) is 0 Å². The summed E-state index contributed by atoms with van der Waals surface area (Å²) in [6, 6.07) is -0.557. The molecular weight excluding hydrogens is 342 g/mol. The van der Waals surface area contributed by atoms with Gasteiger partial charge in [0.25, 0.3) is 0 Å². The summed E-state index contributed by atoms with van der Waals surface area (Å²) in [6.07, 6.45) is 3.40. The molecule has 0 bridgehead atoms. The third-order valence-electron chi connectivity index (χ3n) is 5.62. The van der Waals surface area contributed by atoms with E-state index in [2.05, 4.69) is 0 Å². The summed E-state index contributed by atoms with van der Waals surface area (Å²) >= 11 is 1.35. The minimum absolute atomic E-state index is 0.0740. The molecule has 8 N–H and O–H groups in total. The van der Waals surface area contributed by atoms with E-state index in [0.29, 0.717) is 12.8 Å². The summed E-state index contributed by atoms with van der Waals surface area (Å²) < 4.78 is 0. The SMILES string of the molecule is CCC(C)C(N)(CC(N)CC(SC)C(N)(C(=O)O)C(C)CC)C(=O)O. The molecule has 0 saturated heterocycles. The van der Waals surface area contributed by atoms with Crippen LogP contribution in [0.15, 0.2) is 0 Å². The molecule has 0 rings (SSSR count). The van der Waals surface area contributed by atoms with Crippen LogP contribution in [0.2, 0.25) is 0 Å². The average molecular weight is 378 g/mol. The highest BCUT2D eigenvalue weighted by Gasteiger charge is 2.47. The summed E-state index contributed by atoms with van der Waals surface area (Å²) in [5.74, 6) is -2.64. The maximum Gasteiger partial charge on any atom is 0.325 e. The van der Waals surface area contributed by atoms with Crippen LogP contribution in [0.25, 0.3) is 0 Å². The van der Waals surface area contributed by atoms with E-state index < -0.39 is 34.3 Å². The van der Waals surface area contributed by atoms with Gasteiger partial charge in [0.15, 0.2) is 0 Å². The molecule has 0 saturated carbocycles. The van der Waals surface area contributed by atoms with E-state index in [-0.39, 0.29) is 24.7 Å². The summed E-state index contributed by atoms with van der Waals surface area (Å²) in [5.41, 5.74) is 15.8. The first-order valence-corrected chi connectivity index (χ1v) is 10.0. The molecule has 0 aliphatic rings. The van der Waals surface area contributed by atoms with Gasteiger partial charge < -0.3 is 27.4 Å². The largest absolute Gasteiger partial charge is 0.480 e. The Kier molecular flexibility index (Phi) is 9.43. The maximum absolute atomic E-state index is 11.9. The van der Waals surface area contributed by atoms with E-state index in [9.17, 15) is 19.8 Å². The fourth-order valence-corrected chi connectivity index (χ4v) is 4.31. The number of rotatable bonds is 12. The van der Waals surface area contributed by atoms with Gasteiger partial charge in [0.1, 0.15) is 11.1 Å². The standard InChI is InChI=1S/C17H35N3O4S/c1-6-10(3)16(19,14(21)22)9-12(18)8-13(25-5)17(20,15(23)24)11(4)7-2/h10-13H,6-9,18-20H2,1-5H3,(H,21,22)(H,23,24). The topological polar surface area (TPSA) is 153 Å². The van der Waals surface area contributed by atoms with Gasteiger partial charge in [-0.3, -0.25) is 9.59 Å². The number of nitrogens with two attached hydrogens (primary N) is 3. The van der Waals surface area contributed by atoms with Crippen LogP contribution >= 0.6 is 11.8 Å². The molecule has 148 valence electrons. The molecule has 0 amide bonds. The Balaban J connectivity index is 5.43. The minimum Gasteiger partial charge on any atom is -0.480 e. The lowest BCUT2D eigenvalue weighted by Gasteiger charge is -2.40. The Labute approximate surface area is 155 Å². The third kappa shape index (κ3) is 5.32. The molecule has 0 aromatic rings. The molecular formula is C17H35N3O4S. The summed E-state index contributed by atoms with van der Waals surface area (Å²) in [5, 5.41) is 18.8. The maximum atomic E-state index is 11.9. The molecule has 25 heavy (non-hydrogen) atoms. The highest BCUT2D eigenvalue weighted by molar-refractivity contribution is 7.99. The molecule has 0 fully saturated rings. The number of hydrogen-bond donors (Lipinski definition) is 5. The van der Waals surface area contributed by atoms with Crippen molar-refractivity contribution in [3.63, 3.8) is 0 Å². The van der Waals surface area contributed by atoms with E-state index in [1.165, 1.54) is 11.8 Å². The van der Waals surface area contributed by atoms with Crippen LogP contribution in [-0.2, 0) is 9.59 Å². The van der Waals surface area contributed by atoms with Crippen molar-refractivity contribution in [2.24, 2.45) is 29.0 Å². The zero-order valence-corrected chi connectivity index (χ0v) is 16.8. The molecule has 0 spiro atoms. The number of thioether (sulfide) groups is 1. The Hall–Kier alpha value is -0.830. The minimum atomic E-state index is -1.44. The first kappa shape index (κ1) is 24.2. The number of carbonyl (C=O) groups is 2. The third-order valence-corrected chi connectivity index (χ3v) is 6.77. The highest BCUT2D eigenvalue weighted by Crippen LogP contribution is 2.34. The summed E-state index contributed by atoms with van der Waals surface area (Å²) in [6.45, 7) is 7.37. The molecule has 6 atom stereocenters. The highest BCUT2D eigenvalue weighted by atomic mass is 32.2. The smallest absolute Gasteiger partial charge is 0.325 e. The van der Waals surface area contributed by atoms with Crippen molar-refractivity contribution in [2.45, 2.75) is 75.7 Å². The predicted octanol–water partition coefficient (Wildman–Crippen LogP) is 1.48. The van der Waals surface area contributed by atoms with Crippen LogP contribution in [-0.4, -0.2) is 50.8 Å². The first-order chi connectivity index (χ1) is 11.4. The zero-order chi connectivity index (χ0) is 20.0. The Morgan fingerprint density at radius 2 is 1.52 bits per heavy atom. The number of aliphatic carboxylic acids is 2. The number of carboxylic acid groups (broad SMARTS) is 2. The van der Waals surface area contributed by atoms with Gasteiger partial charge >= 0.3 is 11.9 Å². The van der Waals surface area contributed by atoms with Gasteiger partial charge in [-0.1, -0.05) is 40.5 Å². The second kappa shape index (κ2) is 9.75. The molecule has 8 heteroatoms. The molecule has 0 aromatic heterocycles. The van der Waals surface area contributed by atoms with Crippen molar-refractivity contribution >= 4 is 23.7 Å². The second-order valence-electron chi connectivity index (χ2n) is 7.13. The van der Waals surface area contributed by atoms with E-state index in [0.717, 1.165) is 0 Å². The molecule has 0 radical (unpaired) electrons. The predicted molar refractivity (Wildman–Crippen MR) is 103 cm³/mol. The Morgan fingerprint density at radius 1 is 1.04 bits per heavy atom. The summed E-state index contributed by atoms with van der Waals surface area (Å²) in [4.78, 5) is 23.5. The lowest BCUT2D eigenvalue weighted by atomic mass is 9.75. The molecule has 6 unspecified atom stereocenters. The van der Waals surface area contributed by atoms with Gasteiger partial charge in [-0.25, -0.2) is 0 Å². The zero-order valence-electron chi connectivity index (χ0n) is 16.0. The monoisotopic (exact) mass is 377 g/mol. The van der Waals surface area contributed by atoms with Gasteiger partial charge in [0, 0.05) is 11.3 Å². The van der Waals surface area contributed by atoms with Gasteiger partial charge in [0.05, 0.1) is 0 Å². The van der Waals surface area contributed by atoms with E-state index in [4.69, 9.17) is 17.2 Å². The van der Waals surface area contributed by atoms with Crippen LogP contribution in [0.5, 0.6) is 0 Å².